The fourth-order valence-corrected chi connectivity index (χ4v) is 2.24. The van der Waals surface area contributed by atoms with Crippen LogP contribution in [0.4, 0.5) is 0 Å². The number of carbonyl (C=O) groups excluding carboxylic acids is 1. The molecule has 0 spiro atoms. The third-order valence-electron chi connectivity index (χ3n) is 3.32. The first kappa shape index (κ1) is 12.9. The molecule has 1 fully saturated rings. The van der Waals surface area contributed by atoms with Crippen LogP contribution in [0, 0.1) is 6.92 Å². The molecule has 1 aliphatic heterocycles. The highest BCUT2D eigenvalue weighted by molar-refractivity contribution is 5.96. The summed E-state index contributed by atoms with van der Waals surface area (Å²) in [7, 11) is 0. The van der Waals surface area contributed by atoms with Crippen LogP contribution in [0.5, 0.6) is 5.75 Å². The van der Waals surface area contributed by atoms with E-state index in [9.17, 15) is 9.90 Å². The van der Waals surface area contributed by atoms with Gasteiger partial charge in [0.25, 0.3) is 5.91 Å². The smallest absolute Gasteiger partial charge is 0.255 e. The minimum Gasteiger partial charge on any atom is -0.507 e. The molecule has 0 radical (unpaired) electrons. The third-order valence-corrected chi connectivity index (χ3v) is 3.32. The van der Waals surface area contributed by atoms with Crippen LogP contribution in [0.1, 0.15) is 35.2 Å². The number of carbonyl (C=O) groups is 1. The van der Waals surface area contributed by atoms with E-state index in [2.05, 4.69) is 10.6 Å². The highest BCUT2D eigenvalue weighted by Gasteiger charge is 2.15. The Hall–Kier alpha value is -1.55. The van der Waals surface area contributed by atoms with E-state index in [4.69, 9.17) is 0 Å². The lowest BCUT2D eigenvalue weighted by Crippen LogP contribution is -2.43. The standard InChI is InChI=1S/C14H20N2O2/c1-10-5-6-12(13(17)8-10)14(18)16-9-11-4-2-3-7-15-11/h5-6,8,11,15,17H,2-4,7,9H2,1H3,(H,16,18). The normalized spacial score (nSPS) is 19.5. The van der Waals surface area contributed by atoms with Crippen molar-refractivity contribution in [2.45, 2.75) is 32.2 Å². The molecule has 98 valence electrons. The van der Waals surface area contributed by atoms with Gasteiger partial charge in [0.1, 0.15) is 5.75 Å². The van der Waals surface area contributed by atoms with Gasteiger partial charge in [0, 0.05) is 12.6 Å². The average molecular weight is 248 g/mol. The number of phenolic OH excluding ortho intramolecular Hbond substituents is 1. The minimum absolute atomic E-state index is 0.0455. The second kappa shape index (κ2) is 5.87. The van der Waals surface area contributed by atoms with Crippen molar-refractivity contribution in [2.24, 2.45) is 0 Å². The van der Waals surface area contributed by atoms with Crippen LogP contribution < -0.4 is 10.6 Å². The van der Waals surface area contributed by atoms with Gasteiger partial charge in [0.15, 0.2) is 0 Å². The van der Waals surface area contributed by atoms with E-state index in [0.29, 0.717) is 18.2 Å². The number of nitrogens with one attached hydrogen (secondary N) is 2. The molecule has 1 amide bonds. The Morgan fingerprint density at radius 2 is 2.33 bits per heavy atom. The molecule has 0 saturated carbocycles. The molecule has 3 N–H and O–H groups in total. The fraction of sp³-hybridized carbons (Fsp3) is 0.500. The molecule has 0 aromatic heterocycles. The molecule has 2 rings (SSSR count). The summed E-state index contributed by atoms with van der Waals surface area (Å²) in [6, 6.07) is 5.45. The number of amides is 1. The van der Waals surface area contributed by atoms with Gasteiger partial charge in [0.05, 0.1) is 5.56 Å². The Morgan fingerprint density at radius 3 is 3.00 bits per heavy atom. The van der Waals surface area contributed by atoms with Gasteiger partial charge >= 0.3 is 0 Å². The third kappa shape index (κ3) is 3.23. The predicted octanol–water partition coefficient (Wildman–Crippen LogP) is 1.57. The molecule has 1 aliphatic rings. The lowest BCUT2D eigenvalue weighted by molar-refractivity contribution is 0.0945. The van der Waals surface area contributed by atoms with E-state index in [1.807, 2.05) is 13.0 Å². The number of aryl methyl sites for hydroxylation is 1. The second-order valence-electron chi connectivity index (χ2n) is 4.88. The van der Waals surface area contributed by atoms with Crippen LogP contribution in [0.2, 0.25) is 0 Å². The zero-order chi connectivity index (χ0) is 13.0. The van der Waals surface area contributed by atoms with E-state index in [0.717, 1.165) is 18.5 Å². The van der Waals surface area contributed by atoms with Crippen molar-refractivity contribution >= 4 is 5.91 Å². The van der Waals surface area contributed by atoms with Crippen LogP contribution in [-0.4, -0.2) is 30.1 Å². The summed E-state index contributed by atoms with van der Waals surface area (Å²) in [5.41, 5.74) is 1.29. The van der Waals surface area contributed by atoms with E-state index >= 15 is 0 Å². The molecule has 1 aromatic carbocycles. The molecule has 1 saturated heterocycles. The summed E-state index contributed by atoms with van der Waals surface area (Å²) in [4.78, 5) is 11.9. The predicted molar refractivity (Wildman–Crippen MR) is 70.8 cm³/mol. The van der Waals surface area contributed by atoms with Crippen LogP contribution in [0.15, 0.2) is 18.2 Å². The second-order valence-corrected chi connectivity index (χ2v) is 4.88. The highest BCUT2D eigenvalue weighted by Crippen LogP contribution is 2.18. The van der Waals surface area contributed by atoms with E-state index < -0.39 is 0 Å². The van der Waals surface area contributed by atoms with Gasteiger partial charge in [0.2, 0.25) is 0 Å². The Balaban J connectivity index is 1.90. The number of phenols is 1. The summed E-state index contributed by atoms with van der Waals surface area (Å²) < 4.78 is 0. The fourth-order valence-electron chi connectivity index (χ4n) is 2.24. The first-order valence-corrected chi connectivity index (χ1v) is 6.48. The maximum absolute atomic E-state index is 11.9. The summed E-state index contributed by atoms with van der Waals surface area (Å²) in [5, 5.41) is 16.0. The number of benzene rings is 1. The molecule has 4 heteroatoms. The van der Waals surface area contributed by atoms with Gasteiger partial charge in [-0.3, -0.25) is 4.79 Å². The molecular weight excluding hydrogens is 228 g/mol. The molecule has 1 unspecified atom stereocenters. The van der Waals surface area contributed by atoms with Crippen LogP contribution in [0.3, 0.4) is 0 Å². The van der Waals surface area contributed by atoms with E-state index in [1.54, 1.807) is 12.1 Å². The van der Waals surface area contributed by atoms with Gasteiger partial charge in [-0.15, -0.1) is 0 Å². The zero-order valence-corrected chi connectivity index (χ0v) is 10.7. The first-order chi connectivity index (χ1) is 8.66. The summed E-state index contributed by atoms with van der Waals surface area (Å²) in [5.74, 6) is -0.163. The lowest BCUT2D eigenvalue weighted by atomic mass is 10.0. The Bertz CT molecular complexity index is 426. The maximum atomic E-state index is 11.9. The zero-order valence-electron chi connectivity index (χ0n) is 10.7. The Kier molecular flexibility index (Phi) is 4.20. The number of aromatic hydroxyl groups is 1. The van der Waals surface area contributed by atoms with Crippen molar-refractivity contribution in [3.63, 3.8) is 0 Å². The van der Waals surface area contributed by atoms with E-state index in [1.165, 1.54) is 12.8 Å². The largest absolute Gasteiger partial charge is 0.507 e. The number of hydrogen-bond acceptors (Lipinski definition) is 3. The Labute approximate surface area is 107 Å². The van der Waals surface area contributed by atoms with E-state index in [-0.39, 0.29) is 11.7 Å². The van der Waals surface area contributed by atoms with Gasteiger partial charge in [-0.25, -0.2) is 0 Å². The quantitative estimate of drug-likeness (QED) is 0.761. The lowest BCUT2D eigenvalue weighted by Gasteiger charge is -2.23. The van der Waals surface area contributed by atoms with Gasteiger partial charge < -0.3 is 15.7 Å². The van der Waals surface area contributed by atoms with Crippen LogP contribution in [-0.2, 0) is 0 Å². The monoisotopic (exact) mass is 248 g/mol. The minimum atomic E-state index is -0.208. The number of hydrogen-bond donors (Lipinski definition) is 3. The van der Waals surface area contributed by atoms with Crippen LogP contribution in [0.25, 0.3) is 0 Å². The van der Waals surface area contributed by atoms with Gasteiger partial charge in [-0.05, 0) is 44.0 Å². The SMILES string of the molecule is Cc1ccc(C(=O)NCC2CCCCN2)c(O)c1. The van der Waals surface area contributed by atoms with Crippen molar-refractivity contribution < 1.29 is 9.90 Å². The topological polar surface area (TPSA) is 61.4 Å². The molecule has 0 aliphatic carbocycles. The summed E-state index contributed by atoms with van der Waals surface area (Å²) in [6.07, 6.45) is 3.52. The number of rotatable bonds is 3. The number of piperidine rings is 1. The van der Waals surface area contributed by atoms with Crippen molar-refractivity contribution in [2.75, 3.05) is 13.1 Å². The molecule has 0 bridgehead atoms. The molecule has 1 aromatic rings. The van der Waals surface area contributed by atoms with Crippen molar-refractivity contribution in [3.05, 3.63) is 29.3 Å². The molecule has 1 heterocycles. The van der Waals surface area contributed by atoms with Crippen LogP contribution >= 0.6 is 0 Å². The summed E-state index contributed by atoms with van der Waals surface area (Å²) in [6.45, 7) is 3.52. The first-order valence-electron chi connectivity index (χ1n) is 6.48. The Morgan fingerprint density at radius 1 is 1.50 bits per heavy atom. The van der Waals surface area contributed by atoms with Crippen molar-refractivity contribution in [3.8, 4) is 5.75 Å². The highest BCUT2D eigenvalue weighted by atomic mass is 16.3. The molecular formula is C14H20N2O2. The maximum Gasteiger partial charge on any atom is 0.255 e. The van der Waals surface area contributed by atoms with Gasteiger partial charge in [-0.1, -0.05) is 12.5 Å². The summed E-state index contributed by atoms with van der Waals surface area (Å²) >= 11 is 0. The molecule has 18 heavy (non-hydrogen) atoms. The molecule has 1 atom stereocenters. The molecule has 4 nitrogen and oxygen atoms in total. The van der Waals surface area contributed by atoms with Crippen molar-refractivity contribution in [1.29, 1.82) is 0 Å². The van der Waals surface area contributed by atoms with Gasteiger partial charge in [-0.2, -0.15) is 0 Å². The average Bonchev–Trinajstić information content (AvgIpc) is 2.37. The van der Waals surface area contributed by atoms with Crippen molar-refractivity contribution in [1.82, 2.24) is 10.6 Å².